The molecule has 0 saturated heterocycles. The molecule has 3 atom stereocenters. The predicted molar refractivity (Wildman–Crippen MR) is 80.8 cm³/mol. The van der Waals surface area contributed by atoms with Gasteiger partial charge in [0.2, 0.25) is 0 Å². The van der Waals surface area contributed by atoms with E-state index in [4.69, 9.17) is 6.42 Å². The molecule has 0 spiro atoms. The van der Waals surface area contributed by atoms with Crippen molar-refractivity contribution in [3.05, 3.63) is 0 Å². The Balaban J connectivity index is 1.82. The molecule has 4 saturated carbocycles. The van der Waals surface area contributed by atoms with Gasteiger partial charge in [-0.1, -0.05) is 13.8 Å². The van der Waals surface area contributed by atoms with Crippen molar-refractivity contribution in [2.45, 2.75) is 71.3 Å². The summed E-state index contributed by atoms with van der Waals surface area (Å²) in [5, 5.41) is 3.80. The molecule has 1 heteroatoms. The Kier molecular flexibility index (Phi) is 3.42. The van der Waals surface area contributed by atoms with Crippen molar-refractivity contribution in [2.24, 2.45) is 22.7 Å². The van der Waals surface area contributed by atoms with Gasteiger partial charge in [0, 0.05) is 12.5 Å². The molecule has 1 N–H and O–H groups in total. The van der Waals surface area contributed by atoms with Gasteiger partial charge in [-0.25, -0.2) is 0 Å². The molecule has 3 unspecified atom stereocenters. The van der Waals surface area contributed by atoms with E-state index in [1.807, 2.05) is 0 Å². The largest absolute Gasteiger partial charge is 0.312 e. The van der Waals surface area contributed by atoms with Gasteiger partial charge < -0.3 is 5.32 Å². The molecule has 0 heterocycles. The second-order valence-electron chi connectivity index (χ2n) is 8.05. The monoisotopic (exact) mass is 259 g/mol. The molecule has 4 aliphatic carbocycles. The summed E-state index contributed by atoms with van der Waals surface area (Å²) >= 11 is 0. The normalized spacial score (nSPS) is 45.1. The molecular formula is C18H29N. The van der Waals surface area contributed by atoms with Crippen LogP contribution >= 0.6 is 0 Å². The first-order valence-electron chi connectivity index (χ1n) is 8.26. The van der Waals surface area contributed by atoms with Gasteiger partial charge in [0.25, 0.3) is 0 Å². The molecule has 0 amide bonds. The van der Waals surface area contributed by atoms with E-state index in [1.54, 1.807) is 0 Å². The molecule has 4 aliphatic rings. The summed E-state index contributed by atoms with van der Waals surface area (Å²) in [5.74, 6) is 4.94. The third kappa shape index (κ3) is 2.33. The van der Waals surface area contributed by atoms with E-state index in [1.165, 1.54) is 44.9 Å². The summed E-state index contributed by atoms with van der Waals surface area (Å²) in [6.45, 7) is 5.92. The summed E-state index contributed by atoms with van der Waals surface area (Å²) in [7, 11) is 0. The van der Waals surface area contributed by atoms with Crippen molar-refractivity contribution in [1.82, 2.24) is 5.32 Å². The van der Waals surface area contributed by atoms with E-state index in [2.05, 4.69) is 25.1 Å². The van der Waals surface area contributed by atoms with Gasteiger partial charge in [0.05, 0.1) is 0 Å². The van der Waals surface area contributed by atoms with Gasteiger partial charge in [0.15, 0.2) is 0 Å². The van der Waals surface area contributed by atoms with Gasteiger partial charge in [-0.3, -0.25) is 0 Å². The van der Waals surface area contributed by atoms with Crippen LogP contribution in [0.3, 0.4) is 0 Å². The molecule has 4 bridgehead atoms. The van der Waals surface area contributed by atoms with Gasteiger partial charge in [-0.15, -0.1) is 12.3 Å². The molecule has 0 aliphatic heterocycles. The fourth-order valence-corrected chi connectivity index (χ4v) is 6.15. The van der Waals surface area contributed by atoms with Crippen LogP contribution in [0.4, 0.5) is 0 Å². The number of terminal acetylenes is 1. The molecule has 0 aromatic heterocycles. The van der Waals surface area contributed by atoms with Crippen LogP contribution in [-0.2, 0) is 0 Å². The zero-order valence-electron chi connectivity index (χ0n) is 12.7. The minimum Gasteiger partial charge on any atom is -0.312 e. The molecule has 106 valence electrons. The summed E-state index contributed by atoms with van der Waals surface area (Å²) in [4.78, 5) is 0. The number of rotatable bonds is 5. The van der Waals surface area contributed by atoms with E-state index in [-0.39, 0.29) is 0 Å². The Bertz CT molecular complexity index is 364. The molecule has 4 rings (SSSR count). The summed E-state index contributed by atoms with van der Waals surface area (Å²) in [6, 6.07) is 0.572. The Morgan fingerprint density at radius 3 is 2.47 bits per heavy atom. The maximum absolute atomic E-state index is 5.66. The smallest absolute Gasteiger partial charge is 0.0246 e. The lowest BCUT2D eigenvalue weighted by molar-refractivity contribution is -0.117. The summed E-state index contributed by atoms with van der Waals surface area (Å²) in [5.41, 5.74) is 1.16. The summed E-state index contributed by atoms with van der Waals surface area (Å²) < 4.78 is 0. The topological polar surface area (TPSA) is 12.0 Å². The third-order valence-electron chi connectivity index (χ3n) is 6.10. The molecule has 0 aromatic carbocycles. The highest BCUT2D eigenvalue weighted by Gasteiger charge is 2.57. The first kappa shape index (κ1) is 13.5. The van der Waals surface area contributed by atoms with E-state index in [9.17, 15) is 0 Å². The molecule has 0 radical (unpaired) electrons. The van der Waals surface area contributed by atoms with E-state index in [0.29, 0.717) is 16.9 Å². The Morgan fingerprint density at radius 1 is 1.26 bits per heavy atom. The SMILES string of the molecule is C#CCC(NCCC)C12CC3CC(CC(C)(C3)C1)C2. The Morgan fingerprint density at radius 2 is 1.95 bits per heavy atom. The lowest BCUT2D eigenvalue weighted by Crippen LogP contribution is -2.58. The van der Waals surface area contributed by atoms with Gasteiger partial charge in [-0.05, 0) is 74.2 Å². The minimum absolute atomic E-state index is 0.528. The van der Waals surface area contributed by atoms with Crippen molar-refractivity contribution >= 4 is 0 Å². The number of nitrogens with one attached hydrogen (secondary N) is 1. The molecule has 0 aromatic rings. The molecular weight excluding hydrogens is 230 g/mol. The average molecular weight is 259 g/mol. The van der Waals surface area contributed by atoms with Gasteiger partial charge in [-0.2, -0.15) is 0 Å². The van der Waals surface area contributed by atoms with Crippen LogP contribution in [0.25, 0.3) is 0 Å². The van der Waals surface area contributed by atoms with Gasteiger partial charge >= 0.3 is 0 Å². The zero-order chi connectivity index (χ0) is 13.5. The number of hydrogen-bond acceptors (Lipinski definition) is 1. The van der Waals surface area contributed by atoms with Crippen LogP contribution in [-0.4, -0.2) is 12.6 Å². The van der Waals surface area contributed by atoms with Crippen molar-refractivity contribution in [3.63, 3.8) is 0 Å². The molecule has 4 fully saturated rings. The predicted octanol–water partition coefficient (Wildman–Crippen LogP) is 3.98. The quantitative estimate of drug-likeness (QED) is 0.736. The standard InChI is InChI=1S/C18H29N/c1-4-6-16(19-7-5-2)18-11-14-8-15(12-18)10-17(3,9-14)13-18/h1,14-16,19H,5-13H2,2-3H3. The summed E-state index contributed by atoms with van der Waals surface area (Å²) in [6.07, 6.45) is 16.6. The van der Waals surface area contributed by atoms with Crippen LogP contribution in [0, 0.1) is 35.0 Å². The van der Waals surface area contributed by atoms with Crippen molar-refractivity contribution in [3.8, 4) is 12.3 Å². The van der Waals surface area contributed by atoms with Crippen LogP contribution in [0.2, 0.25) is 0 Å². The van der Waals surface area contributed by atoms with Crippen molar-refractivity contribution in [2.75, 3.05) is 6.54 Å². The second kappa shape index (κ2) is 4.81. The fraction of sp³-hybridized carbons (Fsp3) is 0.889. The van der Waals surface area contributed by atoms with Crippen LogP contribution in [0.15, 0.2) is 0 Å². The zero-order valence-corrected chi connectivity index (χ0v) is 12.7. The van der Waals surface area contributed by atoms with E-state index >= 15 is 0 Å². The van der Waals surface area contributed by atoms with E-state index < -0.39 is 0 Å². The number of hydrogen-bond donors (Lipinski definition) is 1. The third-order valence-corrected chi connectivity index (χ3v) is 6.10. The van der Waals surface area contributed by atoms with Crippen LogP contribution in [0.1, 0.15) is 65.2 Å². The highest BCUT2D eigenvalue weighted by atomic mass is 14.9. The first-order valence-corrected chi connectivity index (χ1v) is 8.26. The fourth-order valence-electron chi connectivity index (χ4n) is 6.15. The van der Waals surface area contributed by atoms with E-state index in [0.717, 1.165) is 24.8 Å². The Hall–Kier alpha value is -0.480. The van der Waals surface area contributed by atoms with Crippen LogP contribution in [0.5, 0.6) is 0 Å². The van der Waals surface area contributed by atoms with Crippen molar-refractivity contribution in [1.29, 1.82) is 0 Å². The highest BCUT2D eigenvalue weighted by molar-refractivity contribution is 5.11. The van der Waals surface area contributed by atoms with Gasteiger partial charge in [0.1, 0.15) is 0 Å². The molecule has 19 heavy (non-hydrogen) atoms. The molecule has 1 nitrogen and oxygen atoms in total. The highest BCUT2D eigenvalue weighted by Crippen LogP contribution is 2.66. The minimum atomic E-state index is 0.528. The lowest BCUT2D eigenvalue weighted by atomic mass is 9.43. The second-order valence-corrected chi connectivity index (χ2v) is 8.05. The van der Waals surface area contributed by atoms with Crippen LogP contribution < -0.4 is 5.32 Å². The maximum Gasteiger partial charge on any atom is 0.0246 e. The maximum atomic E-state index is 5.66. The average Bonchev–Trinajstić information content (AvgIpc) is 2.31. The Labute approximate surface area is 118 Å². The first-order chi connectivity index (χ1) is 9.09. The van der Waals surface area contributed by atoms with Crippen molar-refractivity contribution < 1.29 is 0 Å². The lowest BCUT2D eigenvalue weighted by Gasteiger charge is -2.63.